The number of nitrogens with one attached hydrogen (secondary N) is 1. The number of carbonyl (C=O) groups excluding carboxylic acids is 1. The lowest BCUT2D eigenvalue weighted by Crippen LogP contribution is -2.29. The van der Waals surface area contributed by atoms with Gasteiger partial charge in [-0.05, 0) is 48.9 Å². The van der Waals surface area contributed by atoms with Crippen molar-refractivity contribution in [2.45, 2.75) is 20.0 Å². The van der Waals surface area contributed by atoms with Gasteiger partial charge in [0.1, 0.15) is 11.6 Å². The first kappa shape index (κ1) is 20.0. The highest BCUT2D eigenvalue weighted by Crippen LogP contribution is 2.19. The topological polar surface area (TPSA) is 56.2 Å². The Balaban J connectivity index is 1.46. The van der Waals surface area contributed by atoms with E-state index in [4.69, 9.17) is 21.3 Å². The monoisotopic (exact) mass is 419 g/mol. The fourth-order valence-corrected chi connectivity index (χ4v) is 3.46. The van der Waals surface area contributed by atoms with Gasteiger partial charge in [-0.15, -0.1) is 0 Å². The molecular formula is C24H22ClN3O2. The molecule has 0 fully saturated rings. The number of amides is 1. The summed E-state index contributed by atoms with van der Waals surface area (Å²) in [6.45, 7) is 3.02. The smallest absolute Gasteiger partial charge is 0.258 e. The molecule has 1 amide bonds. The second-order valence-electron chi connectivity index (χ2n) is 7.11. The number of ether oxygens (including phenoxy) is 1. The Kier molecular flexibility index (Phi) is 6.00. The van der Waals surface area contributed by atoms with Crippen LogP contribution in [0.25, 0.3) is 11.0 Å². The van der Waals surface area contributed by atoms with Crippen LogP contribution >= 0.6 is 11.6 Å². The SMILES string of the molecule is Cc1cccc(Cn2c(CNC(=O)COc3ccc(Cl)cc3)nc3ccccc32)c1. The van der Waals surface area contributed by atoms with Gasteiger partial charge in [0.25, 0.3) is 5.91 Å². The minimum atomic E-state index is -0.209. The largest absolute Gasteiger partial charge is 0.484 e. The maximum absolute atomic E-state index is 12.3. The summed E-state index contributed by atoms with van der Waals surface area (Å²) >= 11 is 5.86. The summed E-state index contributed by atoms with van der Waals surface area (Å²) in [4.78, 5) is 17.0. The van der Waals surface area contributed by atoms with Crippen LogP contribution < -0.4 is 10.1 Å². The van der Waals surface area contributed by atoms with Crippen LogP contribution in [0.2, 0.25) is 5.02 Å². The van der Waals surface area contributed by atoms with Crippen LogP contribution in [-0.2, 0) is 17.9 Å². The summed E-state index contributed by atoms with van der Waals surface area (Å²) in [6.07, 6.45) is 0. The molecular weight excluding hydrogens is 398 g/mol. The molecule has 0 radical (unpaired) electrons. The lowest BCUT2D eigenvalue weighted by molar-refractivity contribution is -0.123. The van der Waals surface area contributed by atoms with Gasteiger partial charge < -0.3 is 14.6 Å². The molecule has 0 atom stereocenters. The molecule has 6 heteroatoms. The van der Waals surface area contributed by atoms with Crippen molar-refractivity contribution < 1.29 is 9.53 Å². The highest BCUT2D eigenvalue weighted by atomic mass is 35.5. The van der Waals surface area contributed by atoms with E-state index in [2.05, 4.69) is 41.1 Å². The Hall–Kier alpha value is -3.31. The fourth-order valence-electron chi connectivity index (χ4n) is 3.34. The summed E-state index contributed by atoms with van der Waals surface area (Å²) in [5.41, 5.74) is 4.36. The maximum atomic E-state index is 12.3. The van der Waals surface area contributed by atoms with Gasteiger partial charge in [-0.25, -0.2) is 4.98 Å². The Bertz CT molecular complexity index is 1170. The molecule has 0 bridgehead atoms. The van der Waals surface area contributed by atoms with E-state index in [9.17, 15) is 4.79 Å². The first-order valence-corrected chi connectivity index (χ1v) is 10.1. The van der Waals surface area contributed by atoms with Gasteiger partial charge in [0.05, 0.1) is 17.6 Å². The van der Waals surface area contributed by atoms with E-state index < -0.39 is 0 Å². The van der Waals surface area contributed by atoms with Gasteiger partial charge in [-0.1, -0.05) is 53.6 Å². The average Bonchev–Trinajstić information content (AvgIpc) is 3.09. The molecule has 30 heavy (non-hydrogen) atoms. The number of carbonyl (C=O) groups is 1. The van der Waals surface area contributed by atoms with Crippen LogP contribution in [-0.4, -0.2) is 22.1 Å². The number of nitrogens with zero attached hydrogens (tertiary/aromatic N) is 2. The molecule has 1 N–H and O–H groups in total. The van der Waals surface area contributed by atoms with Gasteiger partial charge in [0, 0.05) is 11.6 Å². The fraction of sp³-hybridized carbons (Fsp3) is 0.167. The predicted octanol–water partition coefficient (Wildman–Crippen LogP) is 4.74. The second kappa shape index (κ2) is 9.01. The molecule has 0 aliphatic heterocycles. The summed E-state index contributed by atoms with van der Waals surface area (Å²) in [7, 11) is 0. The number of imidazole rings is 1. The van der Waals surface area contributed by atoms with Crippen LogP contribution in [0.4, 0.5) is 0 Å². The second-order valence-corrected chi connectivity index (χ2v) is 7.55. The van der Waals surface area contributed by atoms with Gasteiger partial charge in [0.2, 0.25) is 0 Å². The normalized spacial score (nSPS) is 10.9. The number of aromatic nitrogens is 2. The third-order valence-electron chi connectivity index (χ3n) is 4.78. The molecule has 0 aliphatic carbocycles. The summed E-state index contributed by atoms with van der Waals surface area (Å²) in [5.74, 6) is 1.19. The van der Waals surface area contributed by atoms with Crippen LogP contribution in [0.3, 0.4) is 0 Å². The molecule has 0 aliphatic rings. The quantitative estimate of drug-likeness (QED) is 0.470. The number of hydrogen-bond acceptors (Lipinski definition) is 3. The van der Waals surface area contributed by atoms with Crippen molar-refractivity contribution >= 4 is 28.5 Å². The molecule has 0 saturated carbocycles. The average molecular weight is 420 g/mol. The molecule has 4 rings (SSSR count). The number of para-hydroxylation sites is 2. The first-order chi connectivity index (χ1) is 14.6. The molecule has 3 aromatic carbocycles. The van der Waals surface area contributed by atoms with E-state index in [0.29, 0.717) is 23.9 Å². The van der Waals surface area contributed by atoms with Crippen molar-refractivity contribution in [3.8, 4) is 5.75 Å². The van der Waals surface area contributed by atoms with Crippen molar-refractivity contribution in [2.24, 2.45) is 0 Å². The summed E-state index contributed by atoms with van der Waals surface area (Å²) in [5, 5.41) is 3.53. The van der Waals surface area contributed by atoms with Crippen LogP contribution in [0, 0.1) is 6.92 Å². The Labute approximate surface area is 180 Å². The lowest BCUT2D eigenvalue weighted by atomic mass is 10.1. The zero-order valence-electron chi connectivity index (χ0n) is 16.6. The lowest BCUT2D eigenvalue weighted by Gasteiger charge is -2.11. The maximum Gasteiger partial charge on any atom is 0.258 e. The molecule has 5 nitrogen and oxygen atoms in total. The molecule has 1 aromatic heterocycles. The van der Waals surface area contributed by atoms with Gasteiger partial charge in [0.15, 0.2) is 6.61 Å². The van der Waals surface area contributed by atoms with E-state index in [1.165, 1.54) is 11.1 Å². The van der Waals surface area contributed by atoms with Crippen molar-refractivity contribution in [1.29, 1.82) is 0 Å². The molecule has 1 heterocycles. The predicted molar refractivity (Wildman–Crippen MR) is 119 cm³/mol. The Morgan fingerprint density at radius 2 is 1.87 bits per heavy atom. The van der Waals surface area contributed by atoms with Crippen molar-refractivity contribution in [1.82, 2.24) is 14.9 Å². The zero-order chi connectivity index (χ0) is 20.9. The Morgan fingerprint density at radius 1 is 1.07 bits per heavy atom. The first-order valence-electron chi connectivity index (χ1n) is 9.73. The highest BCUT2D eigenvalue weighted by molar-refractivity contribution is 6.30. The number of rotatable bonds is 7. The molecule has 0 spiro atoms. The number of fused-ring (bicyclic) bond motifs is 1. The molecule has 152 valence electrons. The van der Waals surface area contributed by atoms with Crippen molar-refractivity contribution in [3.63, 3.8) is 0 Å². The number of benzene rings is 3. The minimum absolute atomic E-state index is 0.0697. The van der Waals surface area contributed by atoms with Crippen LogP contribution in [0.1, 0.15) is 17.0 Å². The summed E-state index contributed by atoms with van der Waals surface area (Å²) in [6, 6.07) is 23.3. The number of aryl methyl sites for hydroxylation is 1. The minimum Gasteiger partial charge on any atom is -0.484 e. The number of hydrogen-bond donors (Lipinski definition) is 1. The van der Waals surface area contributed by atoms with Gasteiger partial charge in [-0.3, -0.25) is 4.79 Å². The van der Waals surface area contributed by atoms with Crippen molar-refractivity contribution in [3.05, 3.63) is 94.8 Å². The van der Waals surface area contributed by atoms with E-state index >= 15 is 0 Å². The standard InChI is InChI=1S/C24H22ClN3O2/c1-17-5-4-6-18(13-17)15-28-22-8-3-2-7-21(22)27-23(28)14-26-24(29)16-30-20-11-9-19(25)10-12-20/h2-13H,14-16H2,1H3,(H,26,29). The summed E-state index contributed by atoms with van der Waals surface area (Å²) < 4.78 is 7.65. The highest BCUT2D eigenvalue weighted by Gasteiger charge is 2.12. The third kappa shape index (κ3) is 4.81. The molecule has 0 unspecified atom stereocenters. The Morgan fingerprint density at radius 3 is 2.67 bits per heavy atom. The molecule has 4 aromatic rings. The molecule has 0 saturated heterocycles. The third-order valence-corrected chi connectivity index (χ3v) is 5.04. The number of halogens is 1. The van der Waals surface area contributed by atoms with E-state index in [1.54, 1.807) is 24.3 Å². The van der Waals surface area contributed by atoms with Crippen LogP contribution in [0.5, 0.6) is 5.75 Å². The van der Waals surface area contributed by atoms with Gasteiger partial charge >= 0.3 is 0 Å². The van der Waals surface area contributed by atoms with Gasteiger partial charge in [-0.2, -0.15) is 0 Å². The van der Waals surface area contributed by atoms with E-state index in [0.717, 1.165) is 16.9 Å². The van der Waals surface area contributed by atoms with Crippen molar-refractivity contribution in [2.75, 3.05) is 6.61 Å². The van der Waals surface area contributed by atoms with Crippen LogP contribution in [0.15, 0.2) is 72.8 Å². The zero-order valence-corrected chi connectivity index (χ0v) is 17.4. The van der Waals surface area contributed by atoms with E-state index in [1.807, 2.05) is 24.3 Å². The van der Waals surface area contributed by atoms with E-state index in [-0.39, 0.29) is 12.5 Å².